The standard InChI is InChI=1S/C24H31N5O2S2/c1-4-31-20-8-5-17(13-21(20)30-3)22-25-18(14-32-22)15-33-24-27-26-23(29(24)19-6-7-19)28-11-9-16(2)10-12-28/h5,8,13-14,16,19H,4,6-7,9-12,15H2,1-3H3. The number of anilines is 1. The maximum atomic E-state index is 5.63. The number of hydrogen-bond acceptors (Lipinski definition) is 8. The number of rotatable bonds is 9. The van der Waals surface area contributed by atoms with Crippen LogP contribution < -0.4 is 14.4 Å². The molecule has 33 heavy (non-hydrogen) atoms. The first-order chi connectivity index (χ1) is 16.2. The van der Waals surface area contributed by atoms with Gasteiger partial charge in [0.1, 0.15) is 5.01 Å². The molecule has 0 radical (unpaired) electrons. The summed E-state index contributed by atoms with van der Waals surface area (Å²) in [5.41, 5.74) is 2.10. The molecule has 0 amide bonds. The number of hydrogen-bond donors (Lipinski definition) is 0. The molecule has 0 N–H and O–H groups in total. The van der Waals surface area contributed by atoms with Gasteiger partial charge in [-0.1, -0.05) is 18.7 Å². The number of aromatic nitrogens is 4. The molecule has 2 fully saturated rings. The molecular formula is C24H31N5O2S2. The monoisotopic (exact) mass is 485 g/mol. The van der Waals surface area contributed by atoms with Crippen molar-refractivity contribution in [3.8, 4) is 22.1 Å². The Hall–Kier alpha value is -2.26. The van der Waals surface area contributed by atoms with Crippen LogP contribution in [0.15, 0.2) is 28.7 Å². The quantitative estimate of drug-likeness (QED) is 0.362. The lowest BCUT2D eigenvalue weighted by molar-refractivity contribution is 0.311. The Bertz CT molecular complexity index is 1090. The molecule has 2 aromatic heterocycles. The van der Waals surface area contributed by atoms with Gasteiger partial charge >= 0.3 is 0 Å². The summed E-state index contributed by atoms with van der Waals surface area (Å²) >= 11 is 3.40. The highest BCUT2D eigenvalue weighted by molar-refractivity contribution is 7.98. The summed E-state index contributed by atoms with van der Waals surface area (Å²) in [5, 5.41) is 13.3. The maximum Gasteiger partial charge on any atom is 0.228 e. The van der Waals surface area contributed by atoms with Crippen LogP contribution in [-0.4, -0.2) is 46.6 Å². The molecular weight excluding hydrogens is 454 g/mol. The van der Waals surface area contributed by atoms with E-state index in [9.17, 15) is 0 Å². The zero-order chi connectivity index (χ0) is 22.8. The van der Waals surface area contributed by atoms with Gasteiger partial charge in [0.25, 0.3) is 0 Å². The average molecular weight is 486 g/mol. The zero-order valence-electron chi connectivity index (χ0n) is 19.5. The number of thioether (sulfide) groups is 1. The first kappa shape index (κ1) is 22.5. The zero-order valence-corrected chi connectivity index (χ0v) is 21.1. The van der Waals surface area contributed by atoms with Crippen molar-refractivity contribution in [3.63, 3.8) is 0 Å². The Morgan fingerprint density at radius 3 is 2.67 bits per heavy atom. The number of benzene rings is 1. The number of piperidine rings is 1. The van der Waals surface area contributed by atoms with Crippen LogP contribution in [0.3, 0.4) is 0 Å². The molecule has 1 aliphatic heterocycles. The average Bonchev–Trinajstić information content (AvgIpc) is 3.40. The van der Waals surface area contributed by atoms with Gasteiger partial charge in [0.05, 0.1) is 19.4 Å². The molecule has 0 unspecified atom stereocenters. The van der Waals surface area contributed by atoms with Crippen molar-refractivity contribution in [2.45, 2.75) is 56.5 Å². The van der Waals surface area contributed by atoms with Crippen LogP contribution in [0.2, 0.25) is 0 Å². The topological polar surface area (TPSA) is 65.3 Å². The van der Waals surface area contributed by atoms with Crippen molar-refractivity contribution >= 4 is 29.0 Å². The third kappa shape index (κ3) is 4.99. The molecule has 0 spiro atoms. The van der Waals surface area contributed by atoms with Gasteiger partial charge in [-0.3, -0.25) is 4.57 Å². The predicted octanol–water partition coefficient (Wildman–Crippen LogP) is 5.67. The Morgan fingerprint density at radius 1 is 1.12 bits per heavy atom. The molecule has 3 heterocycles. The van der Waals surface area contributed by atoms with Crippen LogP contribution in [0.5, 0.6) is 11.5 Å². The number of nitrogens with zero attached hydrogens (tertiary/aromatic N) is 5. The molecule has 2 aliphatic rings. The number of methoxy groups -OCH3 is 1. The Kier molecular flexibility index (Phi) is 6.78. The molecule has 176 valence electrons. The fraction of sp³-hybridized carbons (Fsp3) is 0.542. The van der Waals surface area contributed by atoms with Crippen LogP contribution in [-0.2, 0) is 5.75 Å². The largest absolute Gasteiger partial charge is 0.493 e. The summed E-state index contributed by atoms with van der Waals surface area (Å²) in [6.07, 6.45) is 4.92. The molecule has 1 aromatic carbocycles. The van der Waals surface area contributed by atoms with E-state index >= 15 is 0 Å². The molecule has 0 bridgehead atoms. The van der Waals surface area contributed by atoms with E-state index in [4.69, 9.17) is 14.5 Å². The van der Waals surface area contributed by atoms with E-state index in [1.54, 1.807) is 30.2 Å². The van der Waals surface area contributed by atoms with Gasteiger partial charge in [-0.25, -0.2) is 4.98 Å². The van der Waals surface area contributed by atoms with Gasteiger partial charge in [-0.05, 0) is 56.7 Å². The van der Waals surface area contributed by atoms with Crippen LogP contribution in [0, 0.1) is 5.92 Å². The third-order valence-corrected chi connectivity index (χ3v) is 8.15. The van der Waals surface area contributed by atoms with E-state index in [1.165, 1.54) is 25.7 Å². The van der Waals surface area contributed by atoms with E-state index in [1.807, 2.05) is 25.1 Å². The predicted molar refractivity (Wildman–Crippen MR) is 134 cm³/mol. The van der Waals surface area contributed by atoms with Crippen molar-refractivity contribution < 1.29 is 9.47 Å². The van der Waals surface area contributed by atoms with Gasteiger partial charge in [-0.15, -0.1) is 21.5 Å². The van der Waals surface area contributed by atoms with E-state index in [0.29, 0.717) is 12.6 Å². The molecule has 1 saturated heterocycles. The minimum atomic E-state index is 0.555. The van der Waals surface area contributed by atoms with Crippen LogP contribution in [0.4, 0.5) is 5.95 Å². The van der Waals surface area contributed by atoms with Crippen molar-refractivity contribution in [3.05, 3.63) is 29.3 Å². The second kappa shape index (κ2) is 9.93. The molecule has 9 heteroatoms. The Balaban J connectivity index is 1.28. The van der Waals surface area contributed by atoms with Crippen LogP contribution in [0.25, 0.3) is 10.6 Å². The first-order valence-corrected chi connectivity index (χ1v) is 13.6. The molecule has 1 aliphatic carbocycles. The smallest absolute Gasteiger partial charge is 0.228 e. The fourth-order valence-corrected chi connectivity index (χ4v) is 5.98. The van der Waals surface area contributed by atoms with Crippen LogP contribution >= 0.6 is 23.1 Å². The lowest BCUT2D eigenvalue weighted by Gasteiger charge is -2.31. The van der Waals surface area contributed by atoms with E-state index in [-0.39, 0.29) is 0 Å². The molecule has 5 rings (SSSR count). The maximum absolute atomic E-state index is 5.63. The van der Waals surface area contributed by atoms with Gasteiger partial charge < -0.3 is 14.4 Å². The van der Waals surface area contributed by atoms with Gasteiger partial charge in [0.2, 0.25) is 5.95 Å². The lowest BCUT2D eigenvalue weighted by atomic mass is 10.00. The number of ether oxygens (including phenoxy) is 2. The highest BCUT2D eigenvalue weighted by Crippen LogP contribution is 2.42. The van der Waals surface area contributed by atoms with Crippen molar-refractivity contribution in [1.82, 2.24) is 19.7 Å². The highest BCUT2D eigenvalue weighted by Gasteiger charge is 2.32. The SMILES string of the molecule is CCOc1ccc(-c2nc(CSc3nnc(N4CCC(C)CC4)n3C3CC3)cs2)cc1OC. The second-order valence-corrected chi connectivity index (χ2v) is 10.6. The Labute approximate surface area is 203 Å². The normalized spacial score (nSPS) is 16.9. The van der Waals surface area contributed by atoms with Crippen molar-refractivity contribution in [2.75, 3.05) is 31.7 Å². The van der Waals surface area contributed by atoms with Crippen LogP contribution in [0.1, 0.15) is 51.3 Å². The fourth-order valence-electron chi connectivity index (χ4n) is 4.16. The molecule has 7 nitrogen and oxygen atoms in total. The summed E-state index contributed by atoms with van der Waals surface area (Å²) in [7, 11) is 1.67. The first-order valence-electron chi connectivity index (χ1n) is 11.7. The third-order valence-electron chi connectivity index (χ3n) is 6.24. The second-order valence-electron chi connectivity index (χ2n) is 8.78. The van der Waals surface area contributed by atoms with E-state index in [2.05, 4.69) is 32.0 Å². The Morgan fingerprint density at radius 2 is 1.94 bits per heavy atom. The summed E-state index contributed by atoms with van der Waals surface area (Å²) < 4.78 is 13.5. The summed E-state index contributed by atoms with van der Waals surface area (Å²) in [6.45, 7) is 7.08. The van der Waals surface area contributed by atoms with E-state index in [0.717, 1.165) is 63.6 Å². The van der Waals surface area contributed by atoms with Gasteiger partial charge in [0.15, 0.2) is 16.7 Å². The number of thiazole rings is 1. The van der Waals surface area contributed by atoms with Crippen molar-refractivity contribution in [1.29, 1.82) is 0 Å². The highest BCUT2D eigenvalue weighted by atomic mass is 32.2. The van der Waals surface area contributed by atoms with E-state index < -0.39 is 0 Å². The minimum absolute atomic E-state index is 0.555. The molecule has 1 saturated carbocycles. The summed E-state index contributed by atoms with van der Waals surface area (Å²) in [6, 6.07) is 6.54. The van der Waals surface area contributed by atoms with Gasteiger partial charge in [-0.2, -0.15) is 0 Å². The summed E-state index contributed by atoms with van der Waals surface area (Å²) in [5.74, 6) is 4.15. The van der Waals surface area contributed by atoms with Gasteiger partial charge in [0, 0.05) is 35.8 Å². The minimum Gasteiger partial charge on any atom is -0.493 e. The lowest BCUT2D eigenvalue weighted by Crippen LogP contribution is -2.34. The molecule has 3 aromatic rings. The molecule has 0 atom stereocenters. The summed E-state index contributed by atoms with van der Waals surface area (Å²) in [4.78, 5) is 7.30. The van der Waals surface area contributed by atoms with Crippen molar-refractivity contribution in [2.24, 2.45) is 5.92 Å².